The first-order valence-electron chi connectivity index (χ1n) is 14.6. The predicted octanol–water partition coefficient (Wildman–Crippen LogP) is 10.3. The van der Waals surface area contributed by atoms with Crippen molar-refractivity contribution in [3.63, 3.8) is 0 Å². The minimum atomic E-state index is 0.754. The lowest BCUT2D eigenvalue weighted by molar-refractivity contribution is 0.145. The molecule has 2 heterocycles. The predicted molar refractivity (Wildman–Crippen MR) is 166 cm³/mol. The van der Waals surface area contributed by atoms with E-state index in [0.717, 1.165) is 94.1 Å². The van der Waals surface area contributed by atoms with Gasteiger partial charge in [-0.2, -0.15) is 0 Å². The van der Waals surface area contributed by atoms with E-state index in [1.165, 1.54) is 34.6 Å². The van der Waals surface area contributed by atoms with E-state index in [-0.39, 0.29) is 0 Å². The summed E-state index contributed by atoms with van der Waals surface area (Å²) >= 11 is 0. The highest BCUT2D eigenvalue weighted by Crippen LogP contribution is 2.39. The van der Waals surface area contributed by atoms with E-state index in [1.807, 2.05) is 6.92 Å². The molecule has 0 saturated heterocycles. The third kappa shape index (κ3) is 4.56. The molecule has 0 radical (unpaired) electrons. The van der Waals surface area contributed by atoms with Crippen molar-refractivity contribution in [2.75, 3.05) is 19.8 Å². The lowest BCUT2D eigenvalue weighted by Gasteiger charge is -2.07. The highest BCUT2D eigenvalue weighted by atomic mass is 16.5. The van der Waals surface area contributed by atoms with Crippen LogP contribution in [0.15, 0.2) is 81.6 Å². The van der Waals surface area contributed by atoms with Crippen LogP contribution in [0.25, 0.3) is 65.4 Å². The molecule has 40 heavy (non-hydrogen) atoms. The number of unbranched alkanes of at least 4 members (excludes halogenated alkanes) is 2. The van der Waals surface area contributed by atoms with Gasteiger partial charge in [-0.3, -0.25) is 0 Å². The van der Waals surface area contributed by atoms with Crippen LogP contribution in [0.1, 0.15) is 45.1 Å². The quantitative estimate of drug-likeness (QED) is 0.165. The highest BCUT2D eigenvalue weighted by Gasteiger charge is 2.15. The number of fused-ring (bicyclic) bond motifs is 8. The van der Waals surface area contributed by atoms with Crippen LogP contribution >= 0.6 is 0 Å². The molecule has 0 atom stereocenters. The molecule has 7 aromatic rings. The maximum atomic E-state index is 6.42. The van der Waals surface area contributed by atoms with Gasteiger partial charge in [0.05, 0.1) is 6.61 Å². The van der Waals surface area contributed by atoms with Crippen LogP contribution in [-0.2, 0) is 11.2 Å². The van der Waals surface area contributed by atoms with Crippen LogP contribution in [0.4, 0.5) is 0 Å². The van der Waals surface area contributed by atoms with E-state index in [4.69, 9.17) is 18.3 Å². The van der Waals surface area contributed by atoms with E-state index >= 15 is 0 Å². The zero-order valence-corrected chi connectivity index (χ0v) is 23.2. The summed E-state index contributed by atoms with van der Waals surface area (Å²) in [5, 5.41) is 9.08. The molecule has 202 valence electrons. The van der Waals surface area contributed by atoms with E-state index in [9.17, 15) is 0 Å². The van der Waals surface area contributed by atoms with Crippen LogP contribution in [0, 0.1) is 0 Å². The van der Waals surface area contributed by atoms with Gasteiger partial charge in [-0.15, -0.1) is 0 Å². The monoisotopic (exact) mass is 530 g/mol. The van der Waals surface area contributed by atoms with Crippen molar-refractivity contribution in [3.8, 4) is 5.75 Å². The standard InChI is InChI=1S/C36H34O4/c1-3-5-6-14-38-28-12-11-25-18-30-32-22-35-31(21-36(32)40-34(30)20-27(25)16-28)29-17-24-10-9-23(8-7-13-37-4-2)15-26(24)19-33(29)39-35/h9-12,15-22H,3-8,13-14H2,1-2H3. The van der Waals surface area contributed by atoms with Crippen LogP contribution < -0.4 is 4.74 Å². The molecule has 0 N–H and O–H groups in total. The maximum Gasteiger partial charge on any atom is 0.136 e. The smallest absolute Gasteiger partial charge is 0.136 e. The molecule has 0 bridgehead atoms. The lowest BCUT2D eigenvalue weighted by Crippen LogP contribution is -1.96. The molecule has 0 unspecified atom stereocenters. The Morgan fingerprint density at radius 1 is 0.550 bits per heavy atom. The Hall–Kier alpha value is -4.02. The summed E-state index contributed by atoms with van der Waals surface area (Å²) in [6.07, 6.45) is 5.51. The summed E-state index contributed by atoms with van der Waals surface area (Å²) in [7, 11) is 0. The summed E-state index contributed by atoms with van der Waals surface area (Å²) in [4.78, 5) is 0. The number of rotatable bonds is 10. The highest BCUT2D eigenvalue weighted by molar-refractivity contribution is 6.18. The van der Waals surface area contributed by atoms with Gasteiger partial charge in [0.25, 0.3) is 0 Å². The molecule has 7 rings (SSSR count). The Labute approximate surface area is 233 Å². The van der Waals surface area contributed by atoms with Crippen molar-refractivity contribution in [1.29, 1.82) is 0 Å². The largest absolute Gasteiger partial charge is 0.494 e. The summed E-state index contributed by atoms with van der Waals surface area (Å²) in [6.45, 7) is 6.57. The second kappa shape index (κ2) is 10.5. The summed E-state index contributed by atoms with van der Waals surface area (Å²) in [5.74, 6) is 0.910. The third-order valence-corrected chi connectivity index (χ3v) is 7.99. The van der Waals surface area contributed by atoms with Gasteiger partial charge >= 0.3 is 0 Å². The number of furan rings is 2. The van der Waals surface area contributed by atoms with Crippen molar-refractivity contribution < 1.29 is 18.3 Å². The topological polar surface area (TPSA) is 44.7 Å². The first kappa shape index (κ1) is 25.0. The number of aryl methyl sites for hydroxylation is 1. The van der Waals surface area contributed by atoms with Crippen LogP contribution in [-0.4, -0.2) is 19.8 Å². The molecule has 4 heteroatoms. The second-order valence-corrected chi connectivity index (χ2v) is 10.8. The zero-order chi connectivity index (χ0) is 27.1. The lowest BCUT2D eigenvalue weighted by atomic mass is 10.0. The Kier molecular flexibility index (Phi) is 6.57. The SMILES string of the molecule is CCCCCOc1ccc2cc3c(cc2c1)oc1cc2c(cc13)oc1cc3cc(CCCOCC)ccc3cc12. The average molecular weight is 531 g/mol. The molecule has 0 aliphatic carbocycles. The van der Waals surface area contributed by atoms with Gasteiger partial charge in [0.15, 0.2) is 0 Å². The Balaban J connectivity index is 1.26. The molecular weight excluding hydrogens is 496 g/mol. The molecule has 4 nitrogen and oxygen atoms in total. The first-order chi connectivity index (χ1) is 19.7. The summed E-state index contributed by atoms with van der Waals surface area (Å²) in [5.41, 5.74) is 4.87. The maximum absolute atomic E-state index is 6.42. The average Bonchev–Trinajstić information content (AvgIpc) is 3.49. The van der Waals surface area contributed by atoms with Gasteiger partial charge in [-0.1, -0.05) is 44.0 Å². The molecular formula is C36H34O4. The Morgan fingerprint density at radius 2 is 1.18 bits per heavy atom. The van der Waals surface area contributed by atoms with Gasteiger partial charge in [0, 0.05) is 34.8 Å². The first-order valence-corrected chi connectivity index (χ1v) is 14.6. The second-order valence-electron chi connectivity index (χ2n) is 10.8. The van der Waals surface area contributed by atoms with Gasteiger partial charge in [0.2, 0.25) is 0 Å². The van der Waals surface area contributed by atoms with Gasteiger partial charge in [0.1, 0.15) is 28.1 Å². The zero-order valence-electron chi connectivity index (χ0n) is 23.2. The third-order valence-electron chi connectivity index (χ3n) is 7.99. The molecule has 2 aromatic heterocycles. The van der Waals surface area contributed by atoms with Crippen LogP contribution in [0.3, 0.4) is 0 Å². The van der Waals surface area contributed by atoms with E-state index < -0.39 is 0 Å². The number of benzene rings is 5. The fraction of sp³-hybridized carbons (Fsp3) is 0.278. The van der Waals surface area contributed by atoms with Crippen LogP contribution in [0.5, 0.6) is 5.75 Å². The van der Waals surface area contributed by atoms with E-state index in [2.05, 4.69) is 79.7 Å². The van der Waals surface area contributed by atoms with Gasteiger partial charge in [-0.05, 0) is 102 Å². The molecule has 0 aliphatic rings. The molecule has 0 amide bonds. The fourth-order valence-electron chi connectivity index (χ4n) is 5.87. The summed E-state index contributed by atoms with van der Waals surface area (Å²) in [6, 6.07) is 26.1. The van der Waals surface area contributed by atoms with E-state index in [0.29, 0.717) is 0 Å². The van der Waals surface area contributed by atoms with Gasteiger partial charge in [-0.25, -0.2) is 0 Å². The van der Waals surface area contributed by atoms with E-state index in [1.54, 1.807) is 0 Å². The van der Waals surface area contributed by atoms with Gasteiger partial charge < -0.3 is 18.3 Å². The normalized spacial score (nSPS) is 12.2. The number of hydrogen-bond acceptors (Lipinski definition) is 4. The molecule has 5 aromatic carbocycles. The van der Waals surface area contributed by atoms with Crippen LogP contribution in [0.2, 0.25) is 0 Å². The van der Waals surface area contributed by atoms with Crippen molar-refractivity contribution in [2.45, 2.75) is 46.0 Å². The van der Waals surface area contributed by atoms with Crippen molar-refractivity contribution in [1.82, 2.24) is 0 Å². The van der Waals surface area contributed by atoms with Crippen molar-refractivity contribution in [2.24, 2.45) is 0 Å². The number of hydrogen-bond donors (Lipinski definition) is 0. The molecule has 0 aliphatic heterocycles. The Morgan fingerprint density at radius 3 is 1.85 bits per heavy atom. The fourth-order valence-corrected chi connectivity index (χ4v) is 5.87. The molecule has 0 saturated carbocycles. The van der Waals surface area contributed by atoms with Crippen molar-refractivity contribution >= 4 is 65.4 Å². The minimum absolute atomic E-state index is 0.754. The molecule has 0 fully saturated rings. The summed E-state index contributed by atoms with van der Waals surface area (Å²) < 4.78 is 24.3. The molecule has 0 spiro atoms. The minimum Gasteiger partial charge on any atom is -0.494 e. The number of ether oxygens (including phenoxy) is 2. The Bertz CT molecular complexity index is 1850. The van der Waals surface area contributed by atoms with Crippen molar-refractivity contribution in [3.05, 3.63) is 78.4 Å².